The van der Waals surface area contributed by atoms with Gasteiger partial charge in [-0.3, -0.25) is 9.67 Å². The highest BCUT2D eigenvalue weighted by atomic mass is 127. The molecule has 0 bridgehead atoms. The fraction of sp³-hybridized carbons (Fsp3) is 0.500. The number of guanidine groups is 1. The number of rotatable bonds is 5. The molecule has 2 heterocycles. The SMILES string of the molecule is CN=C(NCc1ccc(Cl)s1)NC(C)Cc1c(C)nn(C)c1C.I. The van der Waals surface area contributed by atoms with Crippen LogP contribution < -0.4 is 10.6 Å². The summed E-state index contributed by atoms with van der Waals surface area (Å²) in [5, 5.41) is 11.2. The first-order valence-corrected chi connectivity index (χ1v) is 8.80. The van der Waals surface area contributed by atoms with Crippen LogP contribution in [-0.4, -0.2) is 28.8 Å². The minimum Gasteiger partial charge on any atom is -0.354 e. The van der Waals surface area contributed by atoms with E-state index in [1.807, 2.05) is 23.9 Å². The first-order valence-electron chi connectivity index (χ1n) is 7.61. The number of aromatic nitrogens is 2. The topological polar surface area (TPSA) is 54.2 Å². The molecule has 0 aliphatic heterocycles. The first-order chi connectivity index (χ1) is 10.9. The largest absolute Gasteiger partial charge is 0.354 e. The second-order valence-corrected chi connectivity index (χ2v) is 7.45. The van der Waals surface area contributed by atoms with E-state index in [1.54, 1.807) is 18.4 Å². The van der Waals surface area contributed by atoms with Crippen LogP contribution in [0.5, 0.6) is 0 Å². The molecule has 0 aliphatic carbocycles. The molecular weight excluding hydrogens is 457 g/mol. The van der Waals surface area contributed by atoms with Gasteiger partial charge >= 0.3 is 0 Å². The highest BCUT2D eigenvalue weighted by Crippen LogP contribution is 2.21. The van der Waals surface area contributed by atoms with E-state index >= 15 is 0 Å². The van der Waals surface area contributed by atoms with Gasteiger partial charge in [-0.2, -0.15) is 5.10 Å². The maximum absolute atomic E-state index is 5.95. The van der Waals surface area contributed by atoms with Gasteiger partial charge in [-0.25, -0.2) is 0 Å². The predicted molar refractivity (Wildman–Crippen MR) is 114 cm³/mol. The van der Waals surface area contributed by atoms with Gasteiger partial charge in [0.15, 0.2) is 5.96 Å². The Hall–Kier alpha value is -0.800. The minimum absolute atomic E-state index is 0. The molecule has 2 N–H and O–H groups in total. The van der Waals surface area contributed by atoms with Crippen molar-refractivity contribution in [1.29, 1.82) is 0 Å². The Morgan fingerprint density at radius 2 is 2.12 bits per heavy atom. The monoisotopic (exact) mass is 481 g/mol. The third-order valence-electron chi connectivity index (χ3n) is 3.83. The second-order valence-electron chi connectivity index (χ2n) is 5.65. The average molecular weight is 482 g/mol. The molecule has 1 unspecified atom stereocenters. The average Bonchev–Trinajstić information content (AvgIpc) is 3.02. The molecule has 5 nitrogen and oxygen atoms in total. The third kappa shape index (κ3) is 5.63. The predicted octanol–water partition coefficient (Wildman–Crippen LogP) is 3.67. The van der Waals surface area contributed by atoms with E-state index in [0.29, 0.717) is 6.54 Å². The van der Waals surface area contributed by atoms with Gasteiger partial charge in [-0.1, -0.05) is 11.6 Å². The highest BCUT2D eigenvalue weighted by Gasteiger charge is 2.14. The Morgan fingerprint density at radius 1 is 1.42 bits per heavy atom. The lowest BCUT2D eigenvalue weighted by atomic mass is 10.1. The molecule has 0 spiro atoms. The van der Waals surface area contributed by atoms with E-state index in [-0.39, 0.29) is 30.0 Å². The van der Waals surface area contributed by atoms with Gasteiger partial charge in [0.25, 0.3) is 0 Å². The fourth-order valence-corrected chi connectivity index (χ4v) is 3.54. The number of nitrogens with zero attached hydrogens (tertiary/aromatic N) is 3. The summed E-state index contributed by atoms with van der Waals surface area (Å²) in [5.74, 6) is 0.793. The van der Waals surface area contributed by atoms with Crippen LogP contribution in [0.25, 0.3) is 0 Å². The third-order valence-corrected chi connectivity index (χ3v) is 5.07. The lowest BCUT2D eigenvalue weighted by Crippen LogP contribution is -2.42. The van der Waals surface area contributed by atoms with Crippen LogP contribution in [0.1, 0.15) is 28.8 Å². The second kappa shape index (κ2) is 9.62. The van der Waals surface area contributed by atoms with Crippen molar-refractivity contribution in [2.24, 2.45) is 12.0 Å². The number of hydrogen-bond acceptors (Lipinski definition) is 3. The molecule has 8 heteroatoms. The summed E-state index contributed by atoms with van der Waals surface area (Å²) in [7, 11) is 3.76. The van der Waals surface area contributed by atoms with E-state index in [9.17, 15) is 0 Å². The molecule has 2 rings (SSSR count). The normalized spacial score (nSPS) is 12.7. The molecule has 0 amide bonds. The zero-order chi connectivity index (χ0) is 17.0. The minimum atomic E-state index is 0. The Morgan fingerprint density at radius 3 is 2.62 bits per heavy atom. The number of halogens is 2. The maximum Gasteiger partial charge on any atom is 0.191 e. The molecule has 2 aromatic heterocycles. The molecular formula is C16H25ClIN5S. The molecule has 24 heavy (non-hydrogen) atoms. The molecule has 0 radical (unpaired) electrons. The summed E-state index contributed by atoms with van der Waals surface area (Å²) in [6, 6.07) is 4.20. The lowest BCUT2D eigenvalue weighted by molar-refractivity contribution is 0.636. The number of aliphatic imine (C=N–C) groups is 1. The first kappa shape index (κ1) is 21.2. The van der Waals surface area contributed by atoms with Crippen LogP contribution in [0, 0.1) is 13.8 Å². The van der Waals surface area contributed by atoms with E-state index in [2.05, 4.69) is 41.5 Å². The Kier molecular flexibility index (Phi) is 8.52. The van der Waals surface area contributed by atoms with Gasteiger partial charge in [-0.05, 0) is 44.9 Å². The number of nitrogens with one attached hydrogen (secondary N) is 2. The lowest BCUT2D eigenvalue weighted by Gasteiger charge is -2.18. The summed E-state index contributed by atoms with van der Waals surface area (Å²) >= 11 is 7.53. The van der Waals surface area contributed by atoms with Crippen LogP contribution >= 0.6 is 46.9 Å². The number of hydrogen-bond donors (Lipinski definition) is 2. The van der Waals surface area contributed by atoms with Crippen molar-refractivity contribution in [3.8, 4) is 0 Å². The van der Waals surface area contributed by atoms with Crippen molar-refractivity contribution >= 4 is 52.9 Å². The zero-order valence-electron chi connectivity index (χ0n) is 14.7. The molecule has 0 fully saturated rings. The zero-order valence-corrected chi connectivity index (χ0v) is 18.6. The Labute approximate surface area is 169 Å². The summed E-state index contributed by atoms with van der Waals surface area (Å²) in [5.41, 5.74) is 3.61. The van der Waals surface area contributed by atoms with Crippen molar-refractivity contribution in [2.45, 2.75) is 39.8 Å². The molecule has 2 aromatic rings. The van der Waals surface area contributed by atoms with Crippen molar-refractivity contribution in [3.05, 3.63) is 38.3 Å². The van der Waals surface area contributed by atoms with Gasteiger partial charge in [0.2, 0.25) is 0 Å². The van der Waals surface area contributed by atoms with Crippen LogP contribution in [0.3, 0.4) is 0 Å². The summed E-state index contributed by atoms with van der Waals surface area (Å²) < 4.78 is 2.74. The molecule has 0 saturated heterocycles. The number of aryl methyl sites for hydroxylation is 2. The van der Waals surface area contributed by atoms with Gasteiger partial charge in [0.1, 0.15) is 0 Å². The van der Waals surface area contributed by atoms with Crippen molar-refractivity contribution in [2.75, 3.05) is 7.05 Å². The van der Waals surface area contributed by atoms with Crippen LogP contribution in [0.15, 0.2) is 17.1 Å². The van der Waals surface area contributed by atoms with E-state index in [1.165, 1.54) is 16.1 Å². The molecule has 1 atom stereocenters. The fourth-order valence-electron chi connectivity index (χ4n) is 2.52. The quantitative estimate of drug-likeness (QED) is 0.389. The highest BCUT2D eigenvalue weighted by molar-refractivity contribution is 14.0. The molecule has 0 aliphatic rings. The van der Waals surface area contributed by atoms with Gasteiger partial charge in [0.05, 0.1) is 16.6 Å². The van der Waals surface area contributed by atoms with Crippen molar-refractivity contribution in [3.63, 3.8) is 0 Å². The van der Waals surface area contributed by atoms with Crippen LogP contribution in [0.4, 0.5) is 0 Å². The van der Waals surface area contributed by atoms with Crippen molar-refractivity contribution in [1.82, 2.24) is 20.4 Å². The van der Waals surface area contributed by atoms with E-state index in [0.717, 1.165) is 22.4 Å². The number of thiophene rings is 1. The van der Waals surface area contributed by atoms with Crippen LogP contribution in [0.2, 0.25) is 4.34 Å². The summed E-state index contributed by atoms with van der Waals surface area (Å²) in [6.45, 7) is 7.04. The smallest absolute Gasteiger partial charge is 0.191 e. The Balaban J connectivity index is 0.00000288. The molecule has 134 valence electrons. The van der Waals surface area contributed by atoms with E-state index < -0.39 is 0 Å². The Bertz CT molecular complexity index is 695. The standard InChI is InChI=1S/C16H24ClN5S.HI/c1-10(8-14-11(2)21-22(5)12(14)3)20-16(18-4)19-9-13-6-7-15(17)23-13;/h6-7,10H,8-9H2,1-5H3,(H2,18,19,20);1H. The van der Waals surface area contributed by atoms with Gasteiger partial charge in [0, 0.05) is 30.7 Å². The maximum atomic E-state index is 5.95. The van der Waals surface area contributed by atoms with Crippen molar-refractivity contribution < 1.29 is 0 Å². The van der Waals surface area contributed by atoms with Gasteiger partial charge in [-0.15, -0.1) is 35.3 Å². The van der Waals surface area contributed by atoms with E-state index in [4.69, 9.17) is 11.6 Å². The molecule has 0 saturated carbocycles. The van der Waals surface area contributed by atoms with Crippen LogP contribution in [-0.2, 0) is 20.0 Å². The summed E-state index contributed by atoms with van der Waals surface area (Å²) in [4.78, 5) is 5.47. The van der Waals surface area contributed by atoms with Gasteiger partial charge < -0.3 is 10.6 Å². The molecule has 0 aromatic carbocycles. The summed E-state index contributed by atoms with van der Waals surface area (Å²) in [6.07, 6.45) is 0.914.